The number of amides is 1. The number of rotatable bonds is 5. The number of hydrogen-bond donors (Lipinski definition) is 1. The van der Waals surface area contributed by atoms with Gasteiger partial charge in [0.15, 0.2) is 0 Å². The maximum absolute atomic E-state index is 11.9. The van der Waals surface area contributed by atoms with E-state index in [-0.39, 0.29) is 12.0 Å². The molecule has 0 radical (unpaired) electrons. The smallest absolute Gasteiger partial charge is 0.224 e. The Morgan fingerprint density at radius 2 is 2.10 bits per heavy atom. The molecule has 0 aliphatic carbocycles. The van der Waals surface area contributed by atoms with Crippen LogP contribution < -0.4 is 5.32 Å². The Morgan fingerprint density at radius 1 is 1.24 bits per heavy atom. The second kappa shape index (κ2) is 6.59. The minimum Gasteiger partial charge on any atom is -0.472 e. The molecule has 4 heteroatoms. The summed E-state index contributed by atoms with van der Waals surface area (Å²) in [6, 6.07) is 12.0. The first-order valence-corrected chi connectivity index (χ1v) is 7.27. The number of furan rings is 1. The molecule has 110 valence electrons. The molecule has 1 saturated heterocycles. The van der Waals surface area contributed by atoms with Crippen molar-refractivity contribution in [3.8, 4) is 0 Å². The first-order chi connectivity index (χ1) is 10.3. The predicted molar refractivity (Wildman–Crippen MR) is 78.7 cm³/mol. The molecule has 21 heavy (non-hydrogen) atoms. The lowest BCUT2D eigenvalue weighted by Crippen LogP contribution is -2.31. The Bertz CT molecular complexity index is 565. The standard InChI is InChI=1S/C17H19NO3/c19-16(10-13-6-8-20-12-13)18-11-15-7-9-21-17(15)14-4-2-1-3-5-14/h1-6,8,12,15,17H,7,9-11H2,(H,18,19)/t15-,17-/m0/s1. The van der Waals surface area contributed by atoms with Crippen LogP contribution in [0.15, 0.2) is 53.3 Å². The van der Waals surface area contributed by atoms with Crippen molar-refractivity contribution in [3.05, 3.63) is 60.1 Å². The summed E-state index contributed by atoms with van der Waals surface area (Å²) < 4.78 is 10.8. The van der Waals surface area contributed by atoms with Crippen LogP contribution in [0.1, 0.15) is 23.7 Å². The van der Waals surface area contributed by atoms with Gasteiger partial charge in [-0.3, -0.25) is 4.79 Å². The highest BCUT2D eigenvalue weighted by Crippen LogP contribution is 2.33. The van der Waals surface area contributed by atoms with Crippen LogP contribution in [0.25, 0.3) is 0 Å². The molecule has 2 atom stereocenters. The molecule has 1 aliphatic rings. The normalized spacial score (nSPS) is 21.3. The Hall–Kier alpha value is -2.07. The maximum atomic E-state index is 11.9. The first kappa shape index (κ1) is 13.9. The molecule has 0 spiro atoms. The molecule has 0 bridgehead atoms. The molecule has 1 aliphatic heterocycles. The van der Waals surface area contributed by atoms with E-state index >= 15 is 0 Å². The lowest BCUT2D eigenvalue weighted by molar-refractivity contribution is -0.120. The van der Waals surface area contributed by atoms with Crippen molar-refractivity contribution in [2.75, 3.05) is 13.2 Å². The van der Waals surface area contributed by atoms with E-state index in [1.807, 2.05) is 24.3 Å². The highest BCUT2D eigenvalue weighted by atomic mass is 16.5. The highest BCUT2D eigenvalue weighted by molar-refractivity contribution is 5.78. The van der Waals surface area contributed by atoms with Gasteiger partial charge in [-0.1, -0.05) is 30.3 Å². The average Bonchev–Trinajstić information content (AvgIpc) is 3.17. The zero-order valence-electron chi connectivity index (χ0n) is 11.8. The molecule has 2 heterocycles. The molecule has 1 aromatic heterocycles. The lowest BCUT2D eigenvalue weighted by atomic mass is 9.95. The third-order valence-corrected chi connectivity index (χ3v) is 3.85. The number of carbonyl (C=O) groups excluding carboxylic acids is 1. The van der Waals surface area contributed by atoms with E-state index in [4.69, 9.17) is 9.15 Å². The summed E-state index contributed by atoms with van der Waals surface area (Å²) in [5.74, 6) is 0.357. The van der Waals surface area contributed by atoms with Crippen LogP contribution in [0.4, 0.5) is 0 Å². The Labute approximate surface area is 124 Å². The van der Waals surface area contributed by atoms with Crippen molar-refractivity contribution in [3.63, 3.8) is 0 Å². The van der Waals surface area contributed by atoms with Crippen molar-refractivity contribution in [1.82, 2.24) is 5.32 Å². The van der Waals surface area contributed by atoms with E-state index in [1.54, 1.807) is 12.5 Å². The first-order valence-electron chi connectivity index (χ1n) is 7.27. The van der Waals surface area contributed by atoms with E-state index in [1.165, 1.54) is 5.56 Å². The zero-order chi connectivity index (χ0) is 14.5. The minimum atomic E-state index is 0.0233. The zero-order valence-corrected chi connectivity index (χ0v) is 11.8. The van der Waals surface area contributed by atoms with Gasteiger partial charge < -0.3 is 14.5 Å². The van der Waals surface area contributed by atoms with Gasteiger partial charge in [-0.25, -0.2) is 0 Å². The molecule has 1 fully saturated rings. The Kier molecular flexibility index (Phi) is 4.36. The van der Waals surface area contributed by atoms with E-state index < -0.39 is 0 Å². The summed E-state index contributed by atoms with van der Waals surface area (Å²) in [4.78, 5) is 11.9. The van der Waals surface area contributed by atoms with Crippen molar-refractivity contribution in [2.24, 2.45) is 5.92 Å². The molecule has 1 N–H and O–H groups in total. The van der Waals surface area contributed by atoms with Gasteiger partial charge in [-0.2, -0.15) is 0 Å². The SMILES string of the molecule is O=C(Cc1ccoc1)NC[C@@H]1CCO[C@H]1c1ccccc1. The number of ether oxygens (including phenoxy) is 1. The highest BCUT2D eigenvalue weighted by Gasteiger charge is 2.29. The molecule has 2 aromatic rings. The third-order valence-electron chi connectivity index (χ3n) is 3.85. The Morgan fingerprint density at radius 3 is 2.86 bits per heavy atom. The number of hydrogen-bond acceptors (Lipinski definition) is 3. The summed E-state index contributed by atoms with van der Waals surface area (Å²) in [6.07, 6.45) is 4.61. The molecule has 4 nitrogen and oxygen atoms in total. The van der Waals surface area contributed by atoms with Crippen molar-refractivity contribution in [1.29, 1.82) is 0 Å². The number of carbonyl (C=O) groups is 1. The van der Waals surface area contributed by atoms with Crippen LogP contribution in [0, 0.1) is 5.92 Å². The van der Waals surface area contributed by atoms with Crippen LogP contribution >= 0.6 is 0 Å². The number of nitrogens with one attached hydrogen (secondary N) is 1. The second-order valence-corrected chi connectivity index (χ2v) is 5.36. The monoisotopic (exact) mass is 285 g/mol. The van der Waals surface area contributed by atoms with Crippen molar-refractivity contribution >= 4 is 5.91 Å². The topological polar surface area (TPSA) is 51.5 Å². The van der Waals surface area contributed by atoms with Gasteiger partial charge in [0.1, 0.15) is 0 Å². The summed E-state index contributed by atoms with van der Waals surface area (Å²) in [6.45, 7) is 1.40. The third kappa shape index (κ3) is 3.52. The molecule has 0 saturated carbocycles. The maximum Gasteiger partial charge on any atom is 0.224 e. The van der Waals surface area contributed by atoms with Crippen LogP contribution in [0.5, 0.6) is 0 Å². The molecule has 0 unspecified atom stereocenters. The van der Waals surface area contributed by atoms with Crippen molar-refractivity contribution in [2.45, 2.75) is 18.9 Å². The number of benzene rings is 1. The van der Waals surface area contributed by atoms with Crippen LogP contribution in [-0.2, 0) is 16.0 Å². The Balaban J connectivity index is 1.53. The van der Waals surface area contributed by atoms with Crippen LogP contribution in [0.2, 0.25) is 0 Å². The van der Waals surface area contributed by atoms with E-state index in [0.29, 0.717) is 18.9 Å². The van der Waals surface area contributed by atoms with Crippen LogP contribution in [0.3, 0.4) is 0 Å². The van der Waals surface area contributed by atoms with Gasteiger partial charge in [-0.05, 0) is 23.6 Å². The molecular formula is C17H19NO3. The fourth-order valence-corrected chi connectivity index (χ4v) is 2.74. The second-order valence-electron chi connectivity index (χ2n) is 5.36. The van der Waals surface area contributed by atoms with Gasteiger partial charge in [-0.15, -0.1) is 0 Å². The quantitative estimate of drug-likeness (QED) is 0.919. The van der Waals surface area contributed by atoms with E-state index in [2.05, 4.69) is 17.4 Å². The van der Waals surface area contributed by atoms with Gasteiger partial charge in [0.25, 0.3) is 0 Å². The summed E-state index contributed by atoms with van der Waals surface area (Å²) >= 11 is 0. The summed E-state index contributed by atoms with van der Waals surface area (Å²) in [5, 5.41) is 3.00. The fourth-order valence-electron chi connectivity index (χ4n) is 2.74. The summed E-state index contributed by atoms with van der Waals surface area (Å²) in [5.41, 5.74) is 2.08. The van der Waals surface area contributed by atoms with E-state index in [0.717, 1.165) is 18.6 Å². The largest absolute Gasteiger partial charge is 0.472 e. The molecule has 1 aromatic carbocycles. The van der Waals surface area contributed by atoms with Gasteiger partial charge >= 0.3 is 0 Å². The molecular weight excluding hydrogens is 266 g/mol. The summed E-state index contributed by atoms with van der Waals surface area (Å²) in [7, 11) is 0. The lowest BCUT2D eigenvalue weighted by Gasteiger charge is -2.19. The van der Waals surface area contributed by atoms with Gasteiger partial charge in [0, 0.05) is 19.1 Å². The fraction of sp³-hybridized carbons (Fsp3) is 0.353. The van der Waals surface area contributed by atoms with Gasteiger partial charge in [0.2, 0.25) is 5.91 Å². The van der Waals surface area contributed by atoms with E-state index in [9.17, 15) is 4.79 Å². The van der Waals surface area contributed by atoms with Crippen molar-refractivity contribution < 1.29 is 13.9 Å². The minimum absolute atomic E-state index is 0.0233. The average molecular weight is 285 g/mol. The molecule has 1 amide bonds. The predicted octanol–water partition coefficient (Wildman–Crippen LogP) is 2.72. The van der Waals surface area contributed by atoms with Crippen LogP contribution in [-0.4, -0.2) is 19.1 Å². The molecule has 3 rings (SSSR count). The van der Waals surface area contributed by atoms with Gasteiger partial charge in [0.05, 0.1) is 25.1 Å².